The molecule has 0 spiro atoms. The van der Waals surface area contributed by atoms with E-state index in [0.717, 1.165) is 21.6 Å². The average molecular weight is 643 g/mol. The van der Waals surface area contributed by atoms with Gasteiger partial charge in [-0.15, -0.1) is 0 Å². The lowest BCUT2D eigenvalue weighted by molar-refractivity contribution is -0.150. The zero-order chi connectivity index (χ0) is 31.3. The molecule has 0 heterocycles. The van der Waals surface area contributed by atoms with Crippen LogP contribution in [-0.4, -0.2) is 108 Å². The van der Waals surface area contributed by atoms with Gasteiger partial charge in [-0.1, -0.05) is 21.6 Å². The molecule has 0 saturated carbocycles. The Hall–Kier alpha value is -1.58. The Morgan fingerprint density at radius 1 is 0.429 bits per heavy atom. The summed E-state index contributed by atoms with van der Waals surface area (Å²) in [4.78, 5) is 50.6. The molecule has 0 bridgehead atoms. The van der Waals surface area contributed by atoms with Gasteiger partial charge in [0.2, 0.25) is 0 Å². The lowest BCUT2D eigenvalue weighted by Gasteiger charge is -2.19. The second kappa shape index (κ2) is 29.5. The lowest BCUT2D eigenvalue weighted by atomic mass is 10.2. The molecule has 246 valence electrons. The fourth-order valence-electron chi connectivity index (χ4n) is 3.33. The highest BCUT2D eigenvalue weighted by molar-refractivity contribution is 8.77. The largest absolute Gasteiger partial charge is 0.466 e. The summed E-state index contributed by atoms with van der Waals surface area (Å²) in [6.07, 6.45) is 6.69. The van der Waals surface area contributed by atoms with E-state index in [9.17, 15) is 19.2 Å². The van der Waals surface area contributed by atoms with Crippen LogP contribution in [0.2, 0.25) is 0 Å². The number of aliphatic hydroxyl groups excluding tert-OH is 4. The van der Waals surface area contributed by atoms with Gasteiger partial charge in [-0.25, -0.2) is 0 Å². The molecule has 0 amide bonds. The van der Waals surface area contributed by atoms with Crippen LogP contribution in [0.1, 0.15) is 89.9 Å². The maximum absolute atomic E-state index is 12.8. The predicted molar refractivity (Wildman–Crippen MR) is 160 cm³/mol. The Labute approximate surface area is 257 Å². The van der Waals surface area contributed by atoms with Crippen molar-refractivity contribution >= 4 is 45.5 Å². The van der Waals surface area contributed by atoms with Gasteiger partial charge in [-0.2, -0.15) is 0 Å². The van der Waals surface area contributed by atoms with Gasteiger partial charge in [0.1, 0.15) is 10.5 Å². The standard InChI is InChI=1S/C28H50O12S2/c29-13-5-1-9-17-37-25(33)21-23(27(35)39-19-11-3-7-15-31)41-42-24(28(36)40-20-12-4-8-16-32)22-26(34)38-18-10-2-6-14-30/h23-24,29-32H,1-22H2. The number of rotatable bonds is 29. The molecule has 0 aromatic heterocycles. The van der Waals surface area contributed by atoms with Crippen LogP contribution in [0.25, 0.3) is 0 Å². The van der Waals surface area contributed by atoms with Gasteiger partial charge in [0.25, 0.3) is 0 Å². The number of aliphatic hydroxyl groups is 4. The number of esters is 4. The van der Waals surface area contributed by atoms with E-state index >= 15 is 0 Å². The molecule has 12 nitrogen and oxygen atoms in total. The van der Waals surface area contributed by atoms with Crippen molar-refractivity contribution in [2.75, 3.05) is 52.9 Å². The average Bonchev–Trinajstić information content (AvgIpc) is 2.97. The van der Waals surface area contributed by atoms with Crippen molar-refractivity contribution in [1.82, 2.24) is 0 Å². The van der Waals surface area contributed by atoms with Crippen molar-refractivity contribution in [3.8, 4) is 0 Å². The minimum Gasteiger partial charge on any atom is -0.466 e. The van der Waals surface area contributed by atoms with Crippen molar-refractivity contribution in [2.24, 2.45) is 0 Å². The highest BCUT2D eigenvalue weighted by Gasteiger charge is 2.31. The van der Waals surface area contributed by atoms with E-state index in [1.807, 2.05) is 0 Å². The molecular formula is C28H50O12S2. The lowest BCUT2D eigenvalue weighted by Crippen LogP contribution is -2.27. The van der Waals surface area contributed by atoms with Crippen molar-refractivity contribution in [1.29, 1.82) is 0 Å². The van der Waals surface area contributed by atoms with Gasteiger partial charge >= 0.3 is 23.9 Å². The molecule has 0 aliphatic carbocycles. The summed E-state index contributed by atoms with van der Waals surface area (Å²) in [5.41, 5.74) is 0. The minimum absolute atomic E-state index is 0.0389. The van der Waals surface area contributed by atoms with Gasteiger partial charge in [-0.05, 0) is 77.0 Å². The molecule has 14 heteroatoms. The SMILES string of the molecule is O=C(CC(SSC(CC(=O)OCCCCCO)C(=O)OCCCCCO)C(=O)OCCCCCO)OCCCCCO. The molecule has 0 radical (unpaired) electrons. The molecule has 2 atom stereocenters. The third-order valence-corrected chi connectivity index (χ3v) is 8.76. The van der Waals surface area contributed by atoms with Gasteiger partial charge in [0.15, 0.2) is 0 Å². The van der Waals surface area contributed by atoms with Crippen LogP contribution < -0.4 is 0 Å². The third-order valence-electron chi connectivity index (χ3n) is 5.74. The van der Waals surface area contributed by atoms with Crippen LogP contribution in [0.3, 0.4) is 0 Å². The first-order chi connectivity index (χ1) is 20.4. The number of carbonyl (C=O) groups excluding carboxylic acids is 4. The smallest absolute Gasteiger partial charge is 0.320 e. The van der Waals surface area contributed by atoms with E-state index in [2.05, 4.69) is 0 Å². The summed E-state index contributed by atoms with van der Waals surface area (Å²) in [6, 6.07) is 0. The number of unbranched alkanes of at least 4 members (excludes halogenated alkanes) is 8. The molecule has 42 heavy (non-hydrogen) atoms. The van der Waals surface area contributed by atoms with Gasteiger partial charge < -0.3 is 39.4 Å². The minimum atomic E-state index is -1.01. The number of hydrogen-bond donors (Lipinski definition) is 4. The number of hydrogen-bond acceptors (Lipinski definition) is 14. The van der Waals surface area contributed by atoms with Crippen LogP contribution in [-0.2, 0) is 38.1 Å². The molecular weight excluding hydrogens is 592 g/mol. The zero-order valence-corrected chi connectivity index (χ0v) is 26.2. The van der Waals surface area contributed by atoms with Crippen molar-refractivity contribution in [3.05, 3.63) is 0 Å². The fraction of sp³-hybridized carbons (Fsp3) is 0.857. The number of ether oxygens (including phenoxy) is 4. The highest BCUT2D eigenvalue weighted by atomic mass is 33.1. The molecule has 2 unspecified atom stereocenters. The van der Waals surface area contributed by atoms with Crippen LogP contribution in [0.15, 0.2) is 0 Å². The fourth-order valence-corrected chi connectivity index (χ4v) is 5.99. The first kappa shape index (κ1) is 40.4. The summed E-state index contributed by atoms with van der Waals surface area (Å²) in [5, 5.41) is 33.6. The molecule has 0 aliphatic heterocycles. The quantitative estimate of drug-likeness (QED) is 0.0404. The highest BCUT2D eigenvalue weighted by Crippen LogP contribution is 2.36. The Morgan fingerprint density at radius 3 is 1.00 bits per heavy atom. The zero-order valence-electron chi connectivity index (χ0n) is 24.6. The molecule has 0 aromatic carbocycles. The first-order valence-corrected chi connectivity index (χ1v) is 17.1. The number of carbonyl (C=O) groups is 4. The van der Waals surface area contributed by atoms with E-state index < -0.39 is 34.4 Å². The van der Waals surface area contributed by atoms with Gasteiger partial charge in [0.05, 0.1) is 39.3 Å². The van der Waals surface area contributed by atoms with Crippen molar-refractivity contribution < 1.29 is 58.6 Å². The maximum Gasteiger partial charge on any atom is 0.320 e. The van der Waals surface area contributed by atoms with Gasteiger partial charge in [-0.3, -0.25) is 19.2 Å². The van der Waals surface area contributed by atoms with E-state index in [4.69, 9.17) is 39.4 Å². The topological polar surface area (TPSA) is 186 Å². The normalized spacial score (nSPS) is 12.4. The van der Waals surface area contributed by atoms with Crippen molar-refractivity contribution in [3.63, 3.8) is 0 Å². The monoisotopic (exact) mass is 642 g/mol. The molecule has 0 aliphatic rings. The Balaban J connectivity index is 5.24. The second-order valence-corrected chi connectivity index (χ2v) is 12.2. The van der Waals surface area contributed by atoms with Crippen LogP contribution in [0, 0.1) is 0 Å². The molecule has 0 rings (SSSR count). The maximum atomic E-state index is 12.8. The van der Waals surface area contributed by atoms with Crippen LogP contribution in [0.5, 0.6) is 0 Å². The Morgan fingerprint density at radius 2 is 0.714 bits per heavy atom. The van der Waals surface area contributed by atoms with Crippen molar-refractivity contribution in [2.45, 2.75) is 100 Å². The molecule has 0 aromatic rings. The van der Waals surface area contributed by atoms with Crippen LogP contribution >= 0.6 is 21.6 Å². The second-order valence-electron chi connectivity index (χ2n) is 9.49. The van der Waals surface area contributed by atoms with E-state index in [1.54, 1.807) is 0 Å². The summed E-state index contributed by atoms with van der Waals surface area (Å²) in [6.45, 7) is 0.699. The summed E-state index contributed by atoms with van der Waals surface area (Å²) >= 11 is 0. The molecule has 0 saturated heterocycles. The summed E-state index contributed by atoms with van der Waals surface area (Å²) < 4.78 is 21.1. The molecule has 4 N–H and O–H groups in total. The predicted octanol–water partition coefficient (Wildman–Crippen LogP) is 2.71. The Kier molecular flexibility index (Phi) is 28.4. The van der Waals surface area contributed by atoms with Gasteiger partial charge in [0, 0.05) is 26.4 Å². The van der Waals surface area contributed by atoms with E-state index in [-0.39, 0.29) is 65.7 Å². The summed E-state index contributed by atoms with van der Waals surface area (Å²) in [7, 11) is 1.87. The third kappa shape index (κ3) is 23.9. The Bertz CT molecular complexity index is 652. The van der Waals surface area contributed by atoms with Crippen LogP contribution in [0.4, 0.5) is 0 Å². The summed E-state index contributed by atoms with van der Waals surface area (Å²) in [5.74, 6) is -2.54. The van der Waals surface area contributed by atoms with E-state index in [0.29, 0.717) is 77.0 Å². The molecule has 0 fully saturated rings. The van der Waals surface area contributed by atoms with E-state index in [1.165, 1.54) is 0 Å². The first-order valence-electron chi connectivity index (χ1n) is 14.8.